The molecule has 0 spiro atoms. The minimum Gasteiger partial charge on any atom is -0.464 e. The van der Waals surface area contributed by atoms with Gasteiger partial charge < -0.3 is 9.73 Å². The molecule has 2 aromatic rings. The van der Waals surface area contributed by atoms with E-state index < -0.39 is 0 Å². The molecule has 5 heteroatoms. The predicted molar refractivity (Wildman–Crippen MR) is 72.4 cm³/mol. The Balaban J connectivity index is 2.12. The van der Waals surface area contributed by atoms with Crippen LogP contribution in [0.3, 0.4) is 0 Å². The molecule has 17 heavy (non-hydrogen) atoms. The van der Waals surface area contributed by atoms with E-state index in [0.29, 0.717) is 5.15 Å². The van der Waals surface area contributed by atoms with Crippen LogP contribution >= 0.6 is 27.5 Å². The number of halogens is 2. The van der Waals surface area contributed by atoms with Crippen molar-refractivity contribution in [2.75, 3.05) is 5.32 Å². The van der Waals surface area contributed by atoms with Crippen molar-refractivity contribution in [1.82, 2.24) is 4.98 Å². The van der Waals surface area contributed by atoms with Crippen LogP contribution in [0.1, 0.15) is 24.5 Å². The van der Waals surface area contributed by atoms with Crippen molar-refractivity contribution in [3.8, 4) is 0 Å². The SMILES string of the molecule is Cc1ccc(C(C)Nc2cnc(Cl)c(Br)c2)o1. The Kier molecular flexibility index (Phi) is 3.74. The second-order valence-electron chi connectivity index (χ2n) is 3.81. The number of anilines is 1. The fourth-order valence-corrected chi connectivity index (χ4v) is 1.96. The van der Waals surface area contributed by atoms with E-state index in [1.54, 1.807) is 6.20 Å². The zero-order valence-corrected chi connectivity index (χ0v) is 11.8. The Morgan fingerprint density at radius 1 is 1.47 bits per heavy atom. The normalized spacial score (nSPS) is 12.5. The summed E-state index contributed by atoms with van der Waals surface area (Å²) in [6.07, 6.45) is 1.69. The van der Waals surface area contributed by atoms with Crippen LogP contribution in [0.25, 0.3) is 0 Å². The van der Waals surface area contributed by atoms with E-state index in [1.165, 1.54) is 0 Å². The molecule has 1 N–H and O–H groups in total. The molecule has 0 aliphatic rings. The molecule has 0 aliphatic carbocycles. The number of nitrogens with zero attached hydrogens (tertiary/aromatic N) is 1. The Bertz CT molecular complexity index is 527. The third-order valence-corrected chi connectivity index (χ3v) is 3.50. The van der Waals surface area contributed by atoms with Crippen LogP contribution in [0.5, 0.6) is 0 Å². The van der Waals surface area contributed by atoms with Crippen LogP contribution in [0.2, 0.25) is 5.15 Å². The van der Waals surface area contributed by atoms with Gasteiger partial charge in [0.25, 0.3) is 0 Å². The van der Waals surface area contributed by atoms with E-state index >= 15 is 0 Å². The zero-order chi connectivity index (χ0) is 12.4. The van der Waals surface area contributed by atoms with Crippen LogP contribution in [0.15, 0.2) is 33.3 Å². The van der Waals surface area contributed by atoms with E-state index in [0.717, 1.165) is 21.7 Å². The van der Waals surface area contributed by atoms with Crippen molar-refractivity contribution in [2.45, 2.75) is 19.9 Å². The molecule has 1 atom stereocenters. The van der Waals surface area contributed by atoms with Gasteiger partial charge in [0.05, 0.1) is 22.4 Å². The predicted octanol–water partition coefficient (Wildman–Crippen LogP) is 4.57. The number of furan rings is 1. The average molecular weight is 316 g/mol. The number of aryl methyl sites for hydroxylation is 1. The zero-order valence-electron chi connectivity index (χ0n) is 9.50. The van der Waals surface area contributed by atoms with Gasteiger partial charge in [-0.2, -0.15) is 0 Å². The third kappa shape index (κ3) is 3.01. The van der Waals surface area contributed by atoms with Crippen LogP contribution in [0.4, 0.5) is 5.69 Å². The fourth-order valence-electron chi connectivity index (χ4n) is 1.51. The molecule has 0 saturated carbocycles. The fraction of sp³-hybridized carbons (Fsp3) is 0.250. The topological polar surface area (TPSA) is 38.1 Å². The Morgan fingerprint density at radius 3 is 2.82 bits per heavy atom. The summed E-state index contributed by atoms with van der Waals surface area (Å²) < 4.78 is 6.32. The standard InChI is InChI=1S/C12H12BrClN2O/c1-7-3-4-11(17-7)8(2)16-9-5-10(13)12(14)15-6-9/h3-6,8,16H,1-2H3. The first kappa shape index (κ1) is 12.5. The van der Waals surface area contributed by atoms with Crippen LogP contribution in [-0.4, -0.2) is 4.98 Å². The van der Waals surface area contributed by atoms with Gasteiger partial charge >= 0.3 is 0 Å². The number of hydrogen-bond donors (Lipinski definition) is 1. The van der Waals surface area contributed by atoms with Gasteiger partial charge in [-0.3, -0.25) is 0 Å². The van der Waals surface area contributed by atoms with Gasteiger partial charge in [0.2, 0.25) is 0 Å². The summed E-state index contributed by atoms with van der Waals surface area (Å²) in [4.78, 5) is 4.06. The van der Waals surface area contributed by atoms with Crippen molar-refractivity contribution in [3.63, 3.8) is 0 Å². The van der Waals surface area contributed by atoms with E-state index in [1.807, 2.05) is 32.0 Å². The van der Waals surface area contributed by atoms with Gasteiger partial charge in [-0.05, 0) is 48.0 Å². The van der Waals surface area contributed by atoms with E-state index in [9.17, 15) is 0 Å². The summed E-state index contributed by atoms with van der Waals surface area (Å²) in [7, 11) is 0. The summed E-state index contributed by atoms with van der Waals surface area (Å²) in [5.41, 5.74) is 0.892. The smallest absolute Gasteiger partial charge is 0.143 e. The van der Waals surface area contributed by atoms with E-state index in [4.69, 9.17) is 16.0 Å². The van der Waals surface area contributed by atoms with Gasteiger partial charge in [-0.25, -0.2) is 4.98 Å². The maximum Gasteiger partial charge on any atom is 0.143 e. The molecule has 1 unspecified atom stereocenters. The Labute approximate surface area is 113 Å². The Hall–Kier alpha value is -1.00. The molecule has 90 valence electrons. The van der Waals surface area contributed by atoms with Crippen molar-refractivity contribution in [2.24, 2.45) is 0 Å². The summed E-state index contributed by atoms with van der Waals surface area (Å²) in [6, 6.07) is 5.88. The molecular formula is C12H12BrClN2O. The lowest BCUT2D eigenvalue weighted by molar-refractivity contribution is 0.467. The molecule has 0 saturated heterocycles. The summed E-state index contributed by atoms with van der Waals surface area (Å²) >= 11 is 9.17. The van der Waals surface area contributed by atoms with Gasteiger partial charge in [-0.15, -0.1) is 0 Å². The molecular weight excluding hydrogens is 304 g/mol. The highest BCUT2D eigenvalue weighted by atomic mass is 79.9. The quantitative estimate of drug-likeness (QED) is 0.843. The molecule has 0 fully saturated rings. The third-order valence-electron chi connectivity index (χ3n) is 2.37. The van der Waals surface area contributed by atoms with Gasteiger partial charge in [0, 0.05) is 0 Å². The highest BCUT2D eigenvalue weighted by molar-refractivity contribution is 9.10. The van der Waals surface area contributed by atoms with Crippen LogP contribution in [-0.2, 0) is 0 Å². The highest BCUT2D eigenvalue weighted by Gasteiger charge is 2.10. The van der Waals surface area contributed by atoms with E-state index in [2.05, 4.69) is 26.2 Å². The second kappa shape index (κ2) is 5.10. The number of pyridine rings is 1. The maximum absolute atomic E-state index is 5.83. The van der Waals surface area contributed by atoms with Crippen LogP contribution in [0, 0.1) is 6.92 Å². The molecule has 0 aliphatic heterocycles. The molecule has 3 nitrogen and oxygen atoms in total. The molecule has 2 heterocycles. The molecule has 0 radical (unpaired) electrons. The van der Waals surface area contributed by atoms with Gasteiger partial charge in [-0.1, -0.05) is 11.6 Å². The molecule has 0 amide bonds. The number of hydrogen-bond acceptors (Lipinski definition) is 3. The molecule has 0 aromatic carbocycles. The molecule has 2 rings (SSSR count). The summed E-state index contributed by atoms with van der Waals surface area (Å²) in [5.74, 6) is 1.80. The first-order valence-corrected chi connectivity index (χ1v) is 6.37. The van der Waals surface area contributed by atoms with Crippen molar-refractivity contribution in [3.05, 3.63) is 45.5 Å². The lowest BCUT2D eigenvalue weighted by Crippen LogP contribution is -2.05. The minimum absolute atomic E-state index is 0.0820. The minimum atomic E-state index is 0.0820. The number of aromatic nitrogens is 1. The lowest BCUT2D eigenvalue weighted by atomic mass is 10.2. The second-order valence-corrected chi connectivity index (χ2v) is 5.02. The van der Waals surface area contributed by atoms with Crippen molar-refractivity contribution < 1.29 is 4.42 Å². The first-order chi connectivity index (χ1) is 8.06. The highest BCUT2D eigenvalue weighted by Crippen LogP contribution is 2.26. The first-order valence-electron chi connectivity index (χ1n) is 5.20. The summed E-state index contributed by atoms with van der Waals surface area (Å²) in [5, 5.41) is 3.75. The monoisotopic (exact) mass is 314 g/mol. The maximum atomic E-state index is 5.83. The molecule has 0 bridgehead atoms. The number of nitrogens with one attached hydrogen (secondary N) is 1. The summed E-state index contributed by atoms with van der Waals surface area (Å²) in [6.45, 7) is 3.96. The largest absolute Gasteiger partial charge is 0.464 e. The number of rotatable bonds is 3. The van der Waals surface area contributed by atoms with Crippen LogP contribution < -0.4 is 5.32 Å². The van der Waals surface area contributed by atoms with Gasteiger partial charge in [0.1, 0.15) is 16.7 Å². The van der Waals surface area contributed by atoms with Crippen molar-refractivity contribution >= 4 is 33.2 Å². The molecule has 2 aromatic heterocycles. The lowest BCUT2D eigenvalue weighted by Gasteiger charge is -2.13. The van der Waals surface area contributed by atoms with Crippen molar-refractivity contribution in [1.29, 1.82) is 0 Å². The Morgan fingerprint density at radius 2 is 2.24 bits per heavy atom. The van der Waals surface area contributed by atoms with E-state index in [-0.39, 0.29) is 6.04 Å². The van der Waals surface area contributed by atoms with Gasteiger partial charge in [0.15, 0.2) is 0 Å². The average Bonchev–Trinajstić information content (AvgIpc) is 2.70.